The summed E-state index contributed by atoms with van der Waals surface area (Å²) in [5.74, 6) is -0.166. The first kappa shape index (κ1) is 14.9. The summed E-state index contributed by atoms with van der Waals surface area (Å²) < 4.78 is 5.49. The monoisotopic (exact) mass is 291 g/mol. The van der Waals surface area contributed by atoms with Crippen LogP contribution >= 0.6 is 0 Å². The van der Waals surface area contributed by atoms with E-state index in [1.165, 1.54) is 12.3 Å². The minimum Gasteiger partial charge on any atom is -0.472 e. The number of carbonyl (C=O) groups excluding carboxylic acids is 1. The Morgan fingerprint density at radius 2 is 2.19 bits per heavy atom. The van der Waals surface area contributed by atoms with Gasteiger partial charge in [-0.05, 0) is 17.5 Å². The minimum absolute atomic E-state index is 0.105. The van der Waals surface area contributed by atoms with Crippen LogP contribution in [0.3, 0.4) is 0 Å². The maximum atomic E-state index is 11.7. The zero-order valence-electron chi connectivity index (χ0n) is 11.8. The quantitative estimate of drug-likeness (QED) is 0.444. The second-order valence-electron chi connectivity index (χ2n) is 4.83. The summed E-state index contributed by atoms with van der Waals surface area (Å²) in [4.78, 5) is 12.4. The van der Waals surface area contributed by atoms with Crippen LogP contribution < -0.4 is 10.2 Å². The zero-order valence-corrected chi connectivity index (χ0v) is 11.8. The van der Waals surface area contributed by atoms with E-state index >= 15 is 0 Å². The molecule has 1 heterocycles. The normalized spacial score (nSPS) is 10.7. The molecular formula is C14H17N3O4. The average Bonchev–Trinajstić information content (AvgIpc) is 2.89. The summed E-state index contributed by atoms with van der Waals surface area (Å²) in [5, 5.41) is 21.6. The first-order chi connectivity index (χ1) is 10.0. The average molecular weight is 291 g/mol. The Bertz CT molecular complexity index is 637. The van der Waals surface area contributed by atoms with Crippen LogP contribution in [-0.4, -0.2) is 26.3 Å². The lowest BCUT2D eigenvalue weighted by Crippen LogP contribution is -2.22. The van der Waals surface area contributed by atoms with E-state index in [0.29, 0.717) is 16.0 Å². The van der Waals surface area contributed by atoms with Crippen LogP contribution in [0.5, 0.6) is 5.88 Å². The molecule has 0 atom stereocenters. The number of nitrogens with one attached hydrogen (secondary N) is 1. The number of benzene rings is 1. The van der Waals surface area contributed by atoms with Crippen molar-refractivity contribution in [3.63, 3.8) is 0 Å². The lowest BCUT2D eigenvalue weighted by atomic mass is 9.93. The molecule has 0 saturated carbocycles. The predicted molar refractivity (Wildman–Crippen MR) is 73.5 cm³/mol. The number of nitrogens with zero attached hydrogens (tertiary/aromatic N) is 2. The fourth-order valence-electron chi connectivity index (χ4n) is 2.10. The molecule has 0 spiro atoms. The molecule has 0 fully saturated rings. The van der Waals surface area contributed by atoms with Crippen molar-refractivity contribution < 1.29 is 19.9 Å². The largest absolute Gasteiger partial charge is 0.472 e. The third-order valence-corrected chi connectivity index (χ3v) is 3.10. The molecule has 1 aromatic heterocycles. The minimum atomic E-state index is -0.594. The number of rotatable bonds is 5. The zero-order chi connectivity index (χ0) is 15.4. The smallest absolute Gasteiger partial charge is 0.275 e. The van der Waals surface area contributed by atoms with Gasteiger partial charge in [0.05, 0.1) is 6.20 Å². The third kappa shape index (κ3) is 3.32. The van der Waals surface area contributed by atoms with Crippen molar-refractivity contribution in [3.05, 3.63) is 47.2 Å². The van der Waals surface area contributed by atoms with Gasteiger partial charge in [-0.1, -0.05) is 31.1 Å². The number of aromatic nitrogens is 2. The number of hydrogen-bond donors (Lipinski definition) is 3. The summed E-state index contributed by atoms with van der Waals surface area (Å²) >= 11 is 0. The molecule has 0 aliphatic heterocycles. The SMILES string of the molecule is CC(C)c1cccc(C(=O)NO)c1COc1ccn(O)n1. The van der Waals surface area contributed by atoms with Crippen molar-refractivity contribution in [2.75, 3.05) is 0 Å². The molecule has 0 bridgehead atoms. The van der Waals surface area contributed by atoms with Gasteiger partial charge in [0.1, 0.15) is 6.61 Å². The molecule has 7 nitrogen and oxygen atoms in total. The van der Waals surface area contributed by atoms with Gasteiger partial charge >= 0.3 is 0 Å². The molecule has 7 heteroatoms. The molecule has 3 N–H and O–H groups in total. The topological polar surface area (TPSA) is 96.6 Å². The summed E-state index contributed by atoms with van der Waals surface area (Å²) in [6, 6.07) is 6.78. The highest BCUT2D eigenvalue weighted by molar-refractivity contribution is 5.95. The Morgan fingerprint density at radius 1 is 1.43 bits per heavy atom. The Kier molecular flexibility index (Phi) is 4.44. The number of hydroxylamine groups is 1. The van der Waals surface area contributed by atoms with Crippen LogP contribution in [0.4, 0.5) is 0 Å². The molecule has 112 valence electrons. The molecule has 2 rings (SSSR count). The van der Waals surface area contributed by atoms with Crippen LogP contribution in [0.15, 0.2) is 30.5 Å². The van der Waals surface area contributed by atoms with Crippen LogP contribution in [0.1, 0.15) is 41.3 Å². The van der Waals surface area contributed by atoms with Crippen LogP contribution in [0, 0.1) is 0 Å². The standard InChI is InChI=1S/C14H17N3O4/c1-9(2)10-4-3-5-11(14(18)16-19)12(10)8-21-13-6-7-17(20)15-13/h3-7,9,19-20H,8H2,1-2H3,(H,16,18). The van der Waals surface area contributed by atoms with E-state index in [9.17, 15) is 4.79 Å². The van der Waals surface area contributed by atoms with Gasteiger partial charge in [0.2, 0.25) is 5.88 Å². The summed E-state index contributed by atoms with van der Waals surface area (Å²) in [5.41, 5.74) is 3.59. The van der Waals surface area contributed by atoms with Gasteiger partial charge in [-0.3, -0.25) is 10.0 Å². The molecule has 2 aromatic rings. The molecule has 1 amide bonds. The lowest BCUT2D eigenvalue weighted by Gasteiger charge is -2.16. The van der Waals surface area contributed by atoms with Crippen molar-refractivity contribution in [2.24, 2.45) is 0 Å². The summed E-state index contributed by atoms with van der Waals surface area (Å²) in [6.45, 7) is 4.11. The fourth-order valence-corrected chi connectivity index (χ4v) is 2.10. The lowest BCUT2D eigenvalue weighted by molar-refractivity contribution is 0.0703. The Hall–Kier alpha value is -2.54. The highest BCUT2D eigenvalue weighted by Crippen LogP contribution is 2.24. The first-order valence-corrected chi connectivity index (χ1v) is 6.47. The van der Waals surface area contributed by atoms with Crippen molar-refractivity contribution in [2.45, 2.75) is 26.4 Å². The van der Waals surface area contributed by atoms with E-state index < -0.39 is 5.91 Å². The summed E-state index contributed by atoms with van der Waals surface area (Å²) in [6.07, 6.45) is 1.34. The van der Waals surface area contributed by atoms with Gasteiger partial charge in [-0.25, -0.2) is 5.48 Å². The maximum Gasteiger partial charge on any atom is 0.275 e. The van der Waals surface area contributed by atoms with Gasteiger partial charge in [-0.15, -0.1) is 4.85 Å². The van der Waals surface area contributed by atoms with Crippen LogP contribution in [0.2, 0.25) is 0 Å². The Balaban J connectivity index is 2.32. The predicted octanol–water partition coefficient (Wildman–Crippen LogP) is 1.94. The Morgan fingerprint density at radius 3 is 2.76 bits per heavy atom. The number of amides is 1. The van der Waals surface area contributed by atoms with Crippen molar-refractivity contribution in [1.82, 2.24) is 15.4 Å². The molecule has 0 radical (unpaired) electrons. The van der Waals surface area contributed by atoms with E-state index in [2.05, 4.69) is 5.10 Å². The number of hydrogen-bond acceptors (Lipinski definition) is 5. The van der Waals surface area contributed by atoms with Crippen LogP contribution in [-0.2, 0) is 6.61 Å². The fraction of sp³-hybridized carbons (Fsp3) is 0.286. The van der Waals surface area contributed by atoms with Gasteiger partial charge in [0.15, 0.2) is 0 Å². The van der Waals surface area contributed by atoms with Gasteiger partial charge in [0, 0.05) is 17.2 Å². The third-order valence-electron chi connectivity index (χ3n) is 3.10. The molecule has 0 saturated heterocycles. The van der Waals surface area contributed by atoms with Gasteiger partial charge < -0.3 is 9.94 Å². The first-order valence-electron chi connectivity index (χ1n) is 6.47. The second kappa shape index (κ2) is 6.27. The van der Waals surface area contributed by atoms with Crippen molar-refractivity contribution >= 4 is 5.91 Å². The highest BCUT2D eigenvalue weighted by Gasteiger charge is 2.17. The van der Waals surface area contributed by atoms with E-state index in [1.807, 2.05) is 19.9 Å². The molecule has 21 heavy (non-hydrogen) atoms. The van der Waals surface area contributed by atoms with E-state index in [4.69, 9.17) is 15.2 Å². The highest BCUT2D eigenvalue weighted by atomic mass is 16.5. The molecular weight excluding hydrogens is 274 g/mol. The second-order valence-corrected chi connectivity index (χ2v) is 4.83. The van der Waals surface area contributed by atoms with E-state index in [1.54, 1.807) is 17.6 Å². The maximum absolute atomic E-state index is 11.7. The van der Waals surface area contributed by atoms with Crippen molar-refractivity contribution in [1.29, 1.82) is 0 Å². The molecule has 0 unspecified atom stereocenters. The van der Waals surface area contributed by atoms with E-state index in [-0.39, 0.29) is 18.4 Å². The van der Waals surface area contributed by atoms with Crippen molar-refractivity contribution in [3.8, 4) is 5.88 Å². The van der Waals surface area contributed by atoms with Gasteiger partial charge in [0.25, 0.3) is 5.91 Å². The molecule has 0 aliphatic carbocycles. The Labute approximate surface area is 121 Å². The summed E-state index contributed by atoms with van der Waals surface area (Å²) in [7, 11) is 0. The molecule has 0 aliphatic rings. The molecule has 1 aromatic carbocycles. The van der Waals surface area contributed by atoms with Gasteiger partial charge in [-0.2, -0.15) is 0 Å². The van der Waals surface area contributed by atoms with Crippen LogP contribution in [0.25, 0.3) is 0 Å². The van der Waals surface area contributed by atoms with E-state index in [0.717, 1.165) is 5.56 Å². The number of ether oxygens (including phenoxy) is 1. The number of carbonyl (C=O) groups is 1.